The highest BCUT2D eigenvalue weighted by Gasteiger charge is 2.32. The van der Waals surface area contributed by atoms with Crippen LogP contribution in [0.3, 0.4) is 0 Å². The molecular formula is C15H20N6O3S. The lowest BCUT2D eigenvalue weighted by Gasteiger charge is -2.32. The zero-order valence-electron chi connectivity index (χ0n) is 13.7. The fourth-order valence-electron chi connectivity index (χ4n) is 3.57. The number of nitrogens with one attached hydrogen (secondary N) is 2. The number of aromatic nitrogens is 4. The maximum Gasteiger partial charge on any atom is 0.223 e. The summed E-state index contributed by atoms with van der Waals surface area (Å²) in [5, 5.41) is 2.91. The van der Waals surface area contributed by atoms with E-state index in [0.717, 1.165) is 11.3 Å². The van der Waals surface area contributed by atoms with Gasteiger partial charge in [-0.2, -0.15) is 0 Å². The van der Waals surface area contributed by atoms with Crippen molar-refractivity contribution in [3.63, 3.8) is 0 Å². The highest BCUT2D eigenvalue weighted by atomic mass is 32.2. The molecule has 25 heavy (non-hydrogen) atoms. The highest BCUT2D eigenvalue weighted by molar-refractivity contribution is 7.91. The van der Waals surface area contributed by atoms with Gasteiger partial charge in [-0.15, -0.1) is 0 Å². The number of piperidine rings is 1. The van der Waals surface area contributed by atoms with Crippen LogP contribution in [0.1, 0.15) is 19.3 Å². The molecule has 2 aromatic heterocycles. The number of hydrogen-bond donors (Lipinski definition) is 2. The predicted octanol–water partition coefficient (Wildman–Crippen LogP) is -0.127. The van der Waals surface area contributed by atoms with Crippen LogP contribution in [0.2, 0.25) is 0 Å². The lowest BCUT2D eigenvalue weighted by Crippen LogP contribution is -2.44. The van der Waals surface area contributed by atoms with E-state index >= 15 is 0 Å². The van der Waals surface area contributed by atoms with Gasteiger partial charge in [0.25, 0.3) is 0 Å². The Bertz CT molecular complexity index is 888. The monoisotopic (exact) mass is 364 g/mol. The normalized spacial score (nSPS) is 23.8. The first-order chi connectivity index (χ1) is 12.0. The molecule has 0 spiro atoms. The molecule has 2 N–H and O–H groups in total. The molecule has 2 fully saturated rings. The van der Waals surface area contributed by atoms with Crippen LogP contribution in [0.15, 0.2) is 12.7 Å². The minimum absolute atomic E-state index is 0.0314. The van der Waals surface area contributed by atoms with Gasteiger partial charge in [-0.3, -0.25) is 4.79 Å². The Kier molecular flexibility index (Phi) is 4.06. The number of nitrogens with zero attached hydrogens (tertiary/aromatic N) is 4. The van der Waals surface area contributed by atoms with E-state index in [-0.39, 0.29) is 29.4 Å². The zero-order chi connectivity index (χ0) is 17.4. The van der Waals surface area contributed by atoms with E-state index in [4.69, 9.17) is 0 Å². The van der Waals surface area contributed by atoms with Crippen molar-refractivity contribution in [2.24, 2.45) is 5.92 Å². The SMILES string of the molecule is O=C(N[C@@H]1CCS(=O)(=O)C1)C1CCN(c2ncnc3nc[nH]c23)CC1. The van der Waals surface area contributed by atoms with Gasteiger partial charge < -0.3 is 15.2 Å². The minimum Gasteiger partial charge on any atom is -0.355 e. The van der Waals surface area contributed by atoms with E-state index in [1.165, 1.54) is 6.33 Å². The molecule has 134 valence electrons. The van der Waals surface area contributed by atoms with Crippen LogP contribution in [0.25, 0.3) is 11.2 Å². The zero-order valence-corrected chi connectivity index (χ0v) is 14.5. The molecule has 0 saturated carbocycles. The summed E-state index contributed by atoms with van der Waals surface area (Å²) in [6, 6.07) is -0.234. The third kappa shape index (κ3) is 3.30. The summed E-state index contributed by atoms with van der Waals surface area (Å²) in [6.07, 6.45) is 5.04. The molecule has 2 aliphatic rings. The molecule has 9 nitrogen and oxygen atoms in total. The van der Waals surface area contributed by atoms with Gasteiger partial charge in [0.1, 0.15) is 11.8 Å². The standard InChI is InChI=1S/C15H20N6O3S/c22-15(20-11-3-6-25(23,24)7-11)10-1-4-21(5-2-10)14-12-13(17-8-16-12)18-9-19-14/h8-11H,1-7H2,(H,20,22)(H,16,17,18,19)/t11-/m1/s1. The molecule has 0 radical (unpaired) electrons. The van der Waals surface area contributed by atoms with Crippen molar-refractivity contribution >= 4 is 32.7 Å². The van der Waals surface area contributed by atoms with Crippen LogP contribution in [0.4, 0.5) is 5.82 Å². The van der Waals surface area contributed by atoms with E-state index in [0.29, 0.717) is 38.0 Å². The van der Waals surface area contributed by atoms with Crippen molar-refractivity contribution in [2.45, 2.75) is 25.3 Å². The molecule has 4 rings (SSSR count). The Hall–Kier alpha value is -2.23. The summed E-state index contributed by atoms with van der Waals surface area (Å²) in [5.41, 5.74) is 1.44. The Morgan fingerprint density at radius 2 is 2.00 bits per heavy atom. The van der Waals surface area contributed by atoms with Crippen molar-refractivity contribution in [1.29, 1.82) is 0 Å². The topological polar surface area (TPSA) is 121 Å². The van der Waals surface area contributed by atoms with E-state index in [1.54, 1.807) is 6.33 Å². The van der Waals surface area contributed by atoms with Crippen LogP contribution >= 0.6 is 0 Å². The minimum atomic E-state index is -2.98. The number of carbonyl (C=O) groups excluding carboxylic acids is 1. The molecule has 4 heterocycles. The van der Waals surface area contributed by atoms with Gasteiger partial charge >= 0.3 is 0 Å². The second-order valence-corrected chi connectivity index (χ2v) is 8.90. The summed E-state index contributed by atoms with van der Waals surface area (Å²) in [4.78, 5) is 30.2. The molecule has 10 heteroatoms. The number of carbonyl (C=O) groups is 1. The number of fused-ring (bicyclic) bond motifs is 1. The van der Waals surface area contributed by atoms with Crippen molar-refractivity contribution in [1.82, 2.24) is 25.3 Å². The summed E-state index contributed by atoms with van der Waals surface area (Å²) >= 11 is 0. The first-order valence-electron chi connectivity index (χ1n) is 8.42. The average Bonchev–Trinajstić information content (AvgIpc) is 3.20. The van der Waals surface area contributed by atoms with Gasteiger partial charge in [0.2, 0.25) is 5.91 Å². The lowest BCUT2D eigenvalue weighted by molar-refractivity contribution is -0.126. The van der Waals surface area contributed by atoms with Crippen LogP contribution < -0.4 is 10.2 Å². The molecule has 1 amide bonds. The molecule has 0 aromatic carbocycles. The van der Waals surface area contributed by atoms with Crippen molar-refractivity contribution < 1.29 is 13.2 Å². The van der Waals surface area contributed by atoms with Crippen molar-refractivity contribution in [3.05, 3.63) is 12.7 Å². The summed E-state index contributed by atoms with van der Waals surface area (Å²) in [5.74, 6) is 0.929. The number of imidazole rings is 1. The Morgan fingerprint density at radius 1 is 1.20 bits per heavy atom. The fraction of sp³-hybridized carbons (Fsp3) is 0.600. The molecule has 1 atom stereocenters. The molecule has 0 unspecified atom stereocenters. The molecule has 2 saturated heterocycles. The van der Waals surface area contributed by atoms with Crippen LogP contribution in [-0.4, -0.2) is 64.9 Å². The van der Waals surface area contributed by atoms with Crippen LogP contribution in [0.5, 0.6) is 0 Å². The summed E-state index contributed by atoms with van der Waals surface area (Å²) in [7, 11) is -2.98. The molecular weight excluding hydrogens is 344 g/mol. The van der Waals surface area contributed by atoms with Gasteiger partial charge in [0.05, 0.1) is 17.8 Å². The van der Waals surface area contributed by atoms with E-state index in [2.05, 4.69) is 30.2 Å². The predicted molar refractivity (Wildman–Crippen MR) is 91.8 cm³/mol. The van der Waals surface area contributed by atoms with E-state index in [1.807, 2.05) is 0 Å². The van der Waals surface area contributed by atoms with Gasteiger partial charge in [-0.05, 0) is 19.3 Å². The number of anilines is 1. The number of hydrogen-bond acceptors (Lipinski definition) is 7. The fourth-order valence-corrected chi connectivity index (χ4v) is 5.25. The average molecular weight is 364 g/mol. The number of aromatic amines is 1. The third-order valence-electron chi connectivity index (χ3n) is 4.95. The molecule has 0 aliphatic carbocycles. The van der Waals surface area contributed by atoms with Crippen LogP contribution in [0, 0.1) is 5.92 Å². The summed E-state index contributed by atoms with van der Waals surface area (Å²) < 4.78 is 23.0. The first kappa shape index (κ1) is 16.2. The third-order valence-corrected chi connectivity index (χ3v) is 6.72. The second-order valence-electron chi connectivity index (χ2n) is 6.67. The summed E-state index contributed by atoms with van der Waals surface area (Å²) in [6.45, 7) is 1.43. The number of amides is 1. The van der Waals surface area contributed by atoms with Gasteiger partial charge in [-0.25, -0.2) is 23.4 Å². The van der Waals surface area contributed by atoms with E-state index in [9.17, 15) is 13.2 Å². The molecule has 2 aliphatic heterocycles. The van der Waals surface area contributed by atoms with Gasteiger partial charge in [0, 0.05) is 25.0 Å². The number of rotatable bonds is 3. The number of sulfone groups is 1. The van der Waals surface area contributed by atoms with E-state index < -0.39 is 9.84 Å². The Morgan fingerprint density at radius 3 is 2.72 bits per heavy atom. The highest BCUT2D eigenvalue weighted by Crippen LogP contribution is 2.26. The first-order valence-corrected chi connectivity index (χ1v) is 10.2. The maximum absolute atomic E-state index is 12.4. The Labute approximate surface area is 145 Å². The van der Waals surface area contributed by atoms with Crippen molar-refractivity contribution in [2.75, 3.05) is 29.5 Å². The Balaban J connectivity index is 1.37. The van der Waals surface area contributed by atoms with Gasteiger partial charge in [-0.1, -0.05) is 0 Å². The molecule has 0 bridgehead atoms. The largest absolute Gasteiger partial charge is 0.355 e. The van der Waals surface area contributed by atoms with Crippen molar-refractivity contribution in [3.8, 4) is 0 Å². The second kappa shape index (κ2) is 6.25. The smallest absolute Gasteiger partial charge is 0.223 e. The van der Waals surface area contributed by atoms with Crippen LogP contribution in [-0.2, 0) is 14.6 Å². The quantitative estimate of drug-likeness (QED) is 0.778. The van der Waals surface area contributed by atoms with Gasteiger partial charge in [0.15, 0.2) is 21.3 Å². The lowest BCUT2D eigenvalue weighted by atomic mass is 9.95. The number of H-pyrrole nitrogens is 1. The maximum atomic E-state index is 12.4. The molecule has 2 aromatic rings.